The average Bonchev–Trinajstić information content (AvgIpc) is 2.89. The highest BCUT2D eigenvalue weighted by molar-refractivity contribution is 5.80. The fourth-order valence-electron chi connectivity index (χ4n) is 1.33. The van der Waals surface area contributed by atoms with Gasteiger partial charge in [-0.25, -0.2) is 0 Å². The van der Waals surface area contributed by atoms with Gasteiger partial charge < -0.3 is 9.26 Å². The van der Waals surface area contributed by atoms with Gasteiger partial charge in [0.1, 0.15) is 18.6 Å². The van der Waals surface area contributed by atoms with Gasteiger partial charge in [-0.15, -0.1) is 0 Å². The summed E-state index contributed by atoms with van der Waals surface area (Å²) in [5, 5.41) is 14.1. The van der Waals surface area contributed by atoms with Gasteiger partial charge >= 0.3 is 0 Å². The highest BCUT2D eigenvalue weighted by Gasteiger charge is 2.11. The third-order valence-corrected chi connectivity index (χ3v) is 2.21. The molecule has 1 aromatic heterocycles. The van der Waals surface area contributed by atoms with E-state index in [1.807, 2.05) is 0 Å². The number of rotatable bonds is 5. The number of hydrogen-bond acceptors (Lipinski definition) is 6. The van der Waals surface area contributed by atoms with Crippen LogP contribution in [0, 0.1) is 10.1 Å². The molecule has 0 aliphatic carbocycles. The minimum absolute atomic E-state index is 0.126. The van der Waals surface area contributed by atoms with Crippen LogP contribution in [-0.2, 0) is 6.61 Å². The average molecular weight is 248 g/mol. The summed E-state index contributed by atoms with van der Waals surface area (Å²) in [6.45, 7) is 0.169. The molecule has 0 unspecified atom stereocenters. The van der Waals surface area contributed by atoms with E-state index in [9.17, 15) is 14.9 Å². The molecular formula is C11H8N2O5. The number of carbonyl (C=O) groups excluding carboxylic acids is 1. The van der Waals surface area contributed by atoms with Gasteiger partial charge in [-0.2, -0.15) is 0 Å². The Morgan fingerprint density at radius 2 is 2.33 bits per heavy atom. The molecule has 0 spiro atoms. The largest absolute Gasteiger partial charge is 0.488 e. The zero-order valence-electron chi connectivity index (χ0n) is 9.11. The summed E-state index contributed by atoms with van der Waals surface area (Å²) < 4.78 is 9.97. The van der Waals surface area contributed by atoms with E-state index in [0.717, 1.165) is 6.07 Å². The minimum Gasteiger partial charge on any atom is -0.488 e. The Hall–Kier alpha value is -2.70. The van der Waals surface area contributed by atoms with Crippen LogP contribution in [-0.4, -0.2) is 16.4 Å². The first-order valence-electron chi connectivity index (χ1n) is 4.95. The molecule has 0 aliphatic rings. The fourth-order valence-corrected chi connectivity index (χ4v) is 1.33. The summed E-state index contributed by atoms with van der Waals surface area (Å²) in [5.41, 5.74) is 0.667. The maximum Gasteiger partial charge on any atom is 0.270 e. The SMILES string of the molecule is O=Cc1cc([N+](=O)[O-])ccc1OCc1cnoc1. The van der Waals surface area contributed by atoms with Crippen molar-refractivity contribution in [2.45, 2.75) is 6.61 Å². The molecule has 1 aromatic carbocycles. The zero-order chi connectivity index (χ0) is 13.0. The molecule has 2 aromatic rings. The maximum absolute atomic E-state index is 10.8. The number of aromatic nitrogens is 1. The number of nitro benzene ring substituents is 1. The summed E-state index contributed by atoms with van der Waals surface area (Å²) in [4.78, 5) is 20.8. The Balaban J connectivity index is 2.17. The van der Waals surface area contributed by atoms with Crippen LogP contribution in [0.5, 0.6) is 5.75 Å². The first-order chi connectivity index (χ1) is 8.70. The predicted octanol–water partition coefficient (Wildman–Crippen LogP) is 1.97. The van der Waals surface area contributed by atoms with Crippen LogP contribution in [0.2, 0.25) is 0 Å². The zero-order valence-corrected chi connectivity index (χ0v) is 9.11. The molecular weight excluding hydrogens is 240 g/mol. The Morgan fingerprint density at radius 1 is 1.50 bits per heavy atom. The molecule has 0 radical (unpaired) electrons. The van der Waals surface area contributed by atoms with E-state index >= 15 is 0 Å². The van der Waals surface area contributed by atoms with Gasteiger partial charge in [-0.1, -0.05) is 5.16 Å². The van der Waals surface area contributed by atoms with E-state index in [1.54, 1.807) is 0 Å². The van der Waals surface area contributed by atoms with Crippen molar-refractivity contribution >= 4 is 12.0 Å². The standard InChI is InChI=1S/C11H8N2O5/c14-5-9-3-10(13(15)16)1-2-11(9)17-6-8-4-12-18-7-8/h1-5,7H,6H2. The second kappa shape index (κ2) is 5.09. The molecule has 1 heterocycles. The van der Waals surface area contributed by atoms with Crippen LogP contribution in [0.1, 0.15) is 15.9 Å². The van der Waals surface area contributed by atoms with Crippen LogP contribution in [0.25, 0.3) is 0 Å². The van der Waals surface area contributed by atoms with Crippen molar-refractivity contribution in [2.75, 3.05) is 0 Å². The lowest BCUT2D eigenvalue weighted by atomic mass is 10.2. The number of hydrogen-bond donors (Lipinski definition) is 0. The third-order valence-electron chi connectivity index (χ3n) is 2.21. The van der Waals surface area contributed by atoms with Gasteiger partial charge in [0.2, 0.25) is 0 Å². The maximum atomic E-state index is 10.8. The molecule has 0 saturated carbocycles. The van der Waals surface area contributed by atoms with Crippen LogP contribution < -0.4 is 4.74 Å². The van der Waals surface area contributed by atoms with E-state index < -0.39 is 4.92 Å². The van der Waals surface area contributed by atoms with Crippen molar-refractivity contribution in [3.63, 3.8) is 0 Å². The number of nitrogens with zero attached hydrogens (tertiary/aromatic N) is 2. The van der Waals surface area contributed by atoms with E-state index in [-0.39, 0.29) is 23.6 Å². The van der Waals surface area contributed by atoms with Gasteiger partial charge in [-0.3, -0.25) is 14.9 Å². The van der Waals surface area contributed by atoms with Crippen LogP contribution in [0.15, 0.2) is 35.2 Å². The molecule has 2 rings (SSSR count). The number of aldehydes is 1. The topological polar surface area (TPSA) is 95.5 Å². The Bertz CT molecular complexity index is 565. The quantitative estimate of drug-likeness (QED) is 0.456. The summed E-state index contributed by atoms with van der Waals surface area (Å²) in [5.74, 6) is 0.275. The lowest BCUT2D eigenvalue weighted by molar-refractivity contribution is -0.384. The van der Waals surface area contributed by atoms with Crippen molar-refractivity contribution in [3.8, 4) is 5.75 Å². The lowest BCUT2D eigenvalue weighted by Crippen LogP contribution is -1.98. The Labute approximate surface area is 101 Å². The smallest absolute Gasteiger partial charge is 0.270 e. The van der Waals surface area contributed by atoms with Crippen molar-refractivity contribution in [1.29, 1.82) is 0 Å². The second-order valence-corrected chi connectivity index (χ2v) is 3.42. The summed E-state index contributed by atoms with van der Waals surface area (Å²) in [7, 11) is 0. The molecule has 92 valence electrons. The molecule has 0 bridgehead atoms. The highest BCUT2D eigenvalue weighted by Crippen LogP contribution is 2.23. The number of benzene rings is 1. The Kier molecular flexibility index (Phi) is 3.33. The summed E-state index contributed by atoms with van der Waals surface area (Å²) >= 11 is 0. The highest BCUT2D eigenvalue weighted by atomic mass is 16.6. The first-order valence-corrected chi connectivity index (χ1v) is 4.95. The summed E-state index contributed by atoms with van der Waals surface area (Å²) in [6.07, 6.45) is 3.40. The van der Waals surface area contributed by atoms with Crippen LogP contribution in [0.3, 0.4) is 0 Å². The molecule has 7 heteroatoms. The number of non-ortho nitro benzene ring substituents is 1. The third kappa shape index (κ3) is 2.51. The van der Waals surface area contributed by atoms with Crippen molar-refractivity contribution in [2.24, 2.45) is 0 Å². The number of ether oxygens (including phenoxy) is 1. The fraction of sp³-hybridized carbons (Fsp3) is 0.0909. The van der Waals surface area contributed by atoms with Crippen LogP contribution >= 0.6 is 0 Å². The molecule has 0 saturated heterocycles. The van der Waals surface area contributed by atoms with E-state index in [4.69, 9.17) is 4.74 Å². The normalized spacial score (nSPS) is 10.0. The monoisotopic (exact) mass is 248 g/mol. The van der Waals surface area contributed by atoms with Gasteiger partial charge in [-0.05, 0) is 6.07 Å². The molecule has 0 aliphatic heterocycles. The first kappa shape index (κ1) is 11.8. The molecule has 0 fully saturated rings. The van der Waals surface area contributed by atoms with Gasteiger partial charge in [0.15, 0.2) is 6.29 Å². The van der Waals surface area contributed by atoms with E-state index in [2.05, 4.69) is 9.68 Å². The molecule has 0 N–H and O–H groups in total. The second-order valence-electron chi connectivity index (χ2n) is 3.42. The van der Waals surface area contributed by atoms with Crippen molar-refractivity contribution in [3.05, 3.63) is 51.9 Å². The van der Waals surface area contributed by atoms with Gasteiger partial charge in [0, 0.05) is 17.7 Å². The Morgan fingerprint density at radius 3 is 2.94 bits per heavy atom. The van der Waals surface area contributed by atoms with Crippen LogP contribution in [0.4, 0.5) is 5.69 Å². The van der Waals surface area contributed by atoms with Crippen molar-refractivity contribution < 1.29 is 19.0 Å². The van der Waals surface area contributed by atoms with Gasteiger partial charge in [0.05, 0.1) is 16.7 Å². The minimum atomic E-state index is -0.573. The number of carbonyl (C=O) groups is 1. The lowest BCUT2D eigenvalue weighted by Gasteiger charge is -2.06. The van der Waals surface area contributed by atoms with E-state index in [1.165, 1.54) is 24.6 Å². The predicted molar refractivity (Wildman–Crippen MR) is 59.3 cm³/mol. The molecule has 18 heavy (non-hydrogen) atoms. The molecule has 7 nitrogen and oxygen atoms in total. The molecule has 0 amide bonds. The number of nitro groups is 1. The molecule has 0 atom stereocenters. The van der Waals surface area contributed by atoms with Gasteiger partial charge in [0.25, 0.3) is 5.69 Å². The summed E-state index contributed by atoms with van der Waals surface area (Å²) in [6, 6.07) is 3.82. The van der Waals surface area contributed by atoms with E-state index in [0.29, 0.717) is 11.8 Å². The van der Waals surface area contributed by atoms with Crippen molar-refractivity contribution in [1.82, 2.24) is 5.16 Å².